The second kappa shape index (κ2) is 7.38. The van der Waals surface area contributed by atoms with Gasteiger partial charge in [-0.2, -0.15) is 0 Å². The molecule has 2 aromatic heterocycles. The van der Waals surface area contributed by atoms with E-state index in [0.717, 1.165) is 48.3 Å². The van der Waals surface area contributed by atoms with E-state index >= 15 is 0 Å². The van der Waals surface area contributed by atoms with Gasteiger partial charge in [-0.25, -0.2) is 4.98 Å². The molecule has 0 radical (unpaired) electrons. The zero-order chi connectivity index (χ0) is 16.2. The third-order valence-corrected chi connectivity index (χ3v) is 5.68. The minimum absolute atomic E-state index is 0.111. The summed E-state index contributed by atoms with van der Waals surface area (Å²) in [7, 11) is 0. The van der Waals surface area contributed by atoms with Crippen LogP contribution >= 0.6 is 22.7 Å². The molecule has 0 atom stereocenters. The van der Waals surface area contributed by atoms with Gasteiger partial charge in [0, 0.05) is 53.9 Å². The SMILES string of the molecule is Cc1ccc(C=CC(=O)N2CCN(Cc3csc(C)n3)CC2)s1. The van der Waals surface area contributed by atoms with Gasteiger partial charge in [0.2, 0.25) is 5.91 Å². The Bertz CT molecular complexity index is 696. The first-order valence-corrected chi connectivity index (χ1v) is 9.46. The number of hydrogen-bond donors (Lipinski definition) is 0. The van der Waals surface area contributed by atoms with Crippen LogP contribution in [0.4, 0.5) is 0 Å². The van der Waals surface area contributed by atoms with Crippen molar-refractivity contribution in [3.8, 4) is 0 Å². The van der Waals surface area contributed by atoms with Crippen molar-refractivity contribution in [2.75, 3.05) is 26.2 Å². The number of carbonyl (C=O) groups is 1. The molecule has 1 aliphatic heterocycles. The van der Waals surface area contributed by atoms with Gasteiger partial charge >= 0.3 is 0 Å². The molecule has 3 rings (SSSR count). The fourth-order valence-electron chi connectivity index (χ4n) is 2.64. The number of piperazine rings is 1. The van der Waals surface area contributed by atoms with Gasteiger partial charge < -0.3 is 4.90 Å². The van der Waals surface area contributed by atoms with E-state index in [1.807, 2.05) is 17.9 Å². The van der Waals surface area contributed by atoms with E-state index in [4.69, 9.17) is 0 Å². The second-order valence-electron chi connectivity index (χ2n) is 5.74. The molecule has 122 valence electrons. The third-order valence-electron chi connectivity index (χ3n) is 3.89. The topological polar surface area (TPSA) is 36.4 Å². The predicted octanol–water partition coefficient (Wildman–Crippen LogP) is 3.18. The summed E-state index contributed by atoms with van der Waals surface area (Å²) < 4.78 is 0. The minimum atomic E-state index is 0.111. The Labute approximate surface area is 145 Å². The number of amides is 1. The molecule has 1 amide bonds. The normalized spacial score (nSPS) is 16.3. The van der Waals surface area contributed by atoms with E-state index in [0.29, 0.717) is 0 Å². The average Bonchev–Trinajstić information content (AvgIpc) is 3.14. The molecule has 4 nitrogen and oxygen atoms in total. The van der Waals surface area contributed by atoms with E-state index in [9.17, 15) is 4.79 Å². The first-order valence-electron chi connectivity index (χ1n) is 7.77. The van der Waals surface area contributed by atoms with Gasteiger partial charge in [0.05, 0.1) is 10.7 Å². The lowest BCUT2D eigenvalue weighted by Gasteiger charge is -2.33. The van der Waals surface area contributed by atoms with Crippen molar-refractivity contribution in [1.29, 1.82) is 0 Å². The number of aromatic nitrogens is 1. The molecule has 1 aliphatic rings. The van der Waals surface area contributed by atoms with Crippen molar-refractivity contribution in [3.63, 3.8) is 0 Å². The number of aryl methyl sites for hydroxylation is 2. The lowest BCUT2D eigenvalue weighted by Crippen LogP contribution is -2.47. The summed E-state index contributed by atoms with van der Waals surface area (Å²) >= 11 is 3.40. The molecular formula is C17H21N3OS2. The number of nitrogens with zero attached hydrogens (tertiary/aromatic N) is 3. The van der Waals surface area contributed by atoms with Crippen LogP contribution in [-0.2, 0) is 11.3 Å². The fourth-order valence-corrected chi connectivity index (χ4v) is 4.02. The highest BCUT2D eigenvalue weighted by Crippen LogP contribution is 2.17. The molecule has 23 heavy (non-hydrogen) atoms. The van der Waals surface area contributed by atoms with Crippen LogP contribution in [0.5, 0.6) is 0 Å². The minimum Gasteiger partial charge on any atom is -0.337 e. The number of hydrogen-bond acceptors (Lipinski definition) is 5. The van der Waals surface area contributed by atoms with Crippen LogP contribution in [0.25, 0.3) is 6.08 Å². The highest BCUT2D eigenvalue weighted by atomic mass is 32.1. The molecule has 1 fully saturated rings. The van der Waals surface area contributed by atoms with Gasteiger partial charge in [-0.3, -0.25) is 9.69 Å². The zero-order valence-corrected chi connectivity index (χ0v) is 15.1. The van der Waals surface area contributed by atoms with Gasteiger partial charge in [0.1, 0.15) is 0 Å². The van der Waals surface area contributed by atoms with Crippen molar-refractivity contribution in [2.45, 2.75) is 20.4 Å². The summed E-state index contributed by atoms with van der Waals surface area (Å²) in [6.07, 6.45) is 3.62. The molecule has 0 bridgehead atoms. The van der Waals surface area contributed by atoms with Crippen molar-refractivity contribution < 1.29 is 4.79 Å². The number of thiazole rings is 1. The highest BCUT2D eigenvalue weighted by Gasteiger charge is 2.20. The van der Waals surface area contributed by atoms with Crippen LogP contribution in [0.1, 0.15) is 20.5 Å². The Morgan fingerprint density at radius 1 is 1.26 bits per heavy atom. The smallest absolute Gasteiger partial charge is 0.246 e. The summed E-state index contributed by atoms with van der Waals surface area (Å²) in [6, 6.07) is 4.13. The standard InChI is InChI=1S/C17H21N3OS2/c1-13-3-4-16(23-13)5-6-17(21)20-9-7-19(8-10-20)11-15-12-22-14(2)18-15/h3-6,12H,7-11H2,1-2H3. The first-order chi connectivity index (χ1) is 11.1. The van der Waals surface area contributed by atoms with Gasteiger partial charge in [0.25, 0.3) is 0 Å². The van der Waals surface area contributed by atoms with E-state index in [2.05, 4.69) is 34.3 Å². The van der Waals surface area contributed by atoms with Crippen molar-refractivity contribution in [1.82, 2.24) is 14.8 Å². The lowest BCUT2D eigenvalue weighted by molar-refractivity contribution is -0.127. The van der Waals surface area contributed by atoms with E-state index in [-0.39, 0.29) is 5.91 Å². The second-order valence-corrected chi connectivity index (χ2v) is 8.12. The Balaban J connectivity index is 1.48. The molecule has 0 saturated carbocycles. The summed E-state index contributed by atoms with van der Waals surface area (Å²) in [6.45, 7) is 8.39. The zero-order valence-electron chi connectivity index (χ0n) is 13.5. The third kappa shape index (κ3) is 4.50. The van der Waals surface area contributed by atoms with Gasteiger partial charge in [0.15, 0.2) is 0 Å². The van der Waals surface area contributed by atoms with E-state index < -0.39 is 0 Å². The summed E-state index contributed by atoms with van der Waals surface area (Å²) in [5.74, 6) is 0.111. The quantitative estimate of drug-likeness (QED) is 0.797. The van der Waals surface area contributed by atoms with Crippen LogP contribution in [0.2, 0.25) is 0 Å². The molecule has 0 N–H and O–H groups in total. The Morgan fingerprint density at radius 3 is 2.65 bits per heavy atom. The van der Waals surface area contributed by atoms with E-state index in [1.165, 1.54) is 4.88 Å². The maximum absolute atomic E-state index is 12.3. The molecule has 0 spiro atoms. The Morgan fingerprint density at radius 2 is 2.04 bits per heavy atom. The monoisotopic (exact) mass is 347 g/mol. The molecule has 0 aromatic carbocycles. The lowest BCUT2D eigenvalue weighted by atomic mass is 10.2. The molecule has 1 saturated heterocycles. The molecule has 6 heteroatoms. The summed E-state index contributed by atoms with van der Waals surface area (Å²) in [5.41, 5.74) is 1.14. The maximum atomic E-state index is 12.3. The van der Waals surface area contributed by atoms with Crippen molar-refractivity contribution in [3.05, 3.63) is 44.0 Å². The number of rotatable bonds is 4. The molecule has 0 aliphatic carbocycles. The molecule has 3 heterocycles. The fraction of sp³-hybridized carbons (Fsp3) is 0.412. The predicted molar refractivity (Wildman–Crippen MR) is 96.8 cm³/mol. The van der Waals surface area contributed by atoms with Gasteiger partial charge in [-0.05, 0) is 32.1 Å². The number of thiophene rings is 1. The van der Waals surface area contributed by atoms with Crippen LogP contribution in [0, 0.1) is 13.8 Å². The van der Waals surface area contributed by atoms with Gasteiger partial charge in [-0.15, -0.1) is 22.7 Å². The average molecular weight is 348 g/mol. The molecule has 2 aromatic rings. The maximum Gasteiger partial charge on any atom is 0.246 e. The first kappa shape index (κ1) is 16.4. The van der Waals surface area contributed by atoms with Crippen molar-refractivity contribution in [2.24, 2.45) is 0 Å². The Kier molecular flexibility index (Phi) is 5.25. The number of carbonyl (C=O) groups excluding carboxylic acids is 1. The summed E-state index contributed by atoms with van der Waals surface area (Å²) in [4.78, 5) is 23.5. The van der Waals surface area contributed by atoms with Crippen LogP contribution < -0.4 is 0 Å². The van der Waals surface area contributed by atoms with Gasteiger partial charge in [-0.1, -0.05) is 0 Å². The van der Waals surface area contributed by atoms with E-state index in [1.54, 1.807) is 28.7 Å². The van der Waals surface area contributed by atoms with Crippen LogP contribution in [0.3, 0.4) is 0 Å². The largest absolute Gasteiger partial charge is 0.337 e. The Hall–Kier alpha value is -1.50. The van der Waals surface area contributed by atoms with Crippen molar-refractivity contribution >= 4 is 34.7 Å². The molecular weight excluding hydrogens is 326 g/mol. The highest BCUT2D eigenvalue weighted by molar-refractivity contribution is 7.12. The molecule has 0 unspecified atom stereocenters. The van der Waals surface area contributed by atoms with Crippen LogP contribution in [0.15, 0.2) is 23.6 Å². The summed E-state index contributed by atoms with van der Waals surface area (Å²) in [5, 5.41) is 3.24. The van der Waals surface area contributed by atoms with Crippen LogP contribution in [-0.4, -0.2) is 46.9 Å².